The highest BCUT2D eigenvalue weighted by molar-refractivity contribution is 5.67. The van der Waals surface area contributed by atoms with E-state index >= 15 is 0 Å². The van der Waals surface area contributed by atoms with Crippen molar-refractivity contribution in [3.8, 4) is 11.4 Å². The number of imidazole rings is 1. The van der Waals surface area contributed by atoms with Crippen LogP contribution < -0.4 is 4.74 Å². The highest BCUT2D eigenvalue weighted by atomic mass is 16.5. The highest BCUT2D eigenvalue weighted by Gasteiger charge is 2.07. The molecule has 0 amide bonds. The molecule has 0 saturated heterocycles. The number of rotatable bonds is 5. The van der Waals surface area contributed by atoms with Crippen LogP contribution in [0, 0.1) is 0 Å². The molecule has 0 saturated carbocycles. The number of ether oxygens (including phenoxy) is 1. The van der Waals surface area contributed by atoms with E-state index in [0.29, 0.717) is 6.42 Å². The van der Waals surface area contributed by atoms with Crippen molar-refractivity contribution in [2.24, 2.45) is 0 Å². The first-order chi connectivity index (χ1) is 8.70. The van der Waals surface area contributed by atoms with Crippen LogP contribution in [0.25, 0.3) is 5.69 Å². The second-order valence-electron chi connectivity index (χ2n) is 3.87. The summed E-state index contributed by atoms with van der Waals surface area (Å²) in [7, 11) is 1.60. The van der Waals surface area contributed by atoms with Gasteiger partial charge >= 0.3 is 5.97 Å². The predicted octanol–water partition coefficient (Wildman–Crippen LogP) is 1.90. The summed E-state index contributed by atoms with van der Waals surface area (Å²) in [5, 5.41) is 8.69. The lowest BCUT2D eigenvalue weighted by atomic mass is 10.1. The van der Waals surface area contributed by atoms with Crippen LogP contribution in [0.4, 0.5) is 0 Å². The third-order valence-electron chi connectivity index (χ3n) is 2.65. The molecule has 5 heteroatoms. The molecule has 1 aromatic carbocycles. The molecule has 2 aromatic rings. The Hall–Kier alpha value is -2.30. The molecule has 0 spiro atoms. The maximum Gasteiger partial charge on any atom is 0.303 e. The Balaban J connectivity index is 2.31. The maximum absolute atomic E-state index is 10.6. The lowest BCUT2D eigenvalue weighted by molar-refractivity contribution is -0.136. The normalized spacial score (nSPS) is 10.3. The lowest BCUT2D eigenvalue weighted by Crippen LogP contribution is -2.00. The molecule has 1 aromatic heterocycles. The summed E-state index contributed by atoms with van der Waals surface area (Å²) in [6.45, 7) is 0. The zero-order valence-electron chi connectivity index (χ0n) is 10.0. The van der Waals surface area contributed by atoms with Crippen molar-refractivity contribution in [1.82, 2.24) is 9.55 Å². The van der Waals surface area contributed by atoms with Gasteiger partial charge in [0.15, 0.2) is 0 Å². The van der Waals surface area contributed by atoms with Gasteiger partial charge in [-0.25, -0.2) is 4.98 Å². The van der Waals surface area contributed by atoms with Crippen molar-refractivity contribution in [3.63, 3.8) is 0 Å². The number of hydrogen-bond donors (Lipinski definition) is 1. The first kappa shape index (κ1) is 12.2. The molecular weight excluding hydrogens is 232 g/mol. The second kappa shape index (κ2) is 5.35. The molecule has 5 nitrogen and oxygen atoms in total. The smallest absolute Gasteiger partial charge is 0.303 e. The first-order valence-corrected chi connectivity index (χ1v) is 5.57. The van der Waals surface area contributed by atoms with Crippen molar-refractivity contribution in [2.45, 2.75) is 12.8 Å². The number of aliphatic carboxylic acids is 1. The number of carboxylic acids is 1. The Kier molecular flexibility index (Phi) is 3.62. The van der Waals surface area contributed by atoms with Crippen LogP contribution in [0.15, 0.2) is 36.9 Å². The standard InChI is InChI=1S/C13H14N2O3/c1-18-12-4-2-10(3-5-13(16)17)8-11(12)15-7-6-14-9-15/h2,4,6-9H,3,5H2,1H3,(H,16,17). The minimum absolute atomic E-state index is 0.121. The number of carbonyl (C=O) groups is 1. The van der Waals surface area contributed by atoms with Crippen LogP contribution >= 0.6 is 0 Å². The van der Waals surface area contributed by atoms with Crippen LogP contribution in [-0.2, 0) is 11.2 Å². The van der Waals surface area contributed by atoms with Gasteiger partial charge in [0.2, 0.25) is 0 Å². The van der Waals surface area contributed by atoms with Gasteiger partial charge in [-0.05, 0) is 24.1 Å². The summed E-state index contributed by atoms with van der Waals surface area (Å²) in [4.78, 5) is 14.6. The van der Waals surface area contributed by atoms with Crippen LogP contribution in [0.1, 0.15) is 12.0 Å². The Morgan fingerprint density at radius 3 is 2.94 bits per heavy atom. The molecule has 2 rings (SSSR count). The van der Waals surface area contributed by atoms with Gasteiger partial charge < -0.3 is 14.4 Å². The second-order valence-corrected chi connectivity index (χ2v) is 3.87. The number of carboxylic acid groups (broad SMARTS) is 1. The molecule has 0 fully saturated rings. The van der Waals surface area contributed by atoms with Crippen molar-refractivity contribution in [2.75, 3.05) is 7.11 Å². The topological polar surface area (TPSA) is 64.3 Å². The zero-order chi connectivity index (χ0) is 13.0. The summed E-state index contributed by atoms with van der Waals surface area (Å²) in [5.74, 6) is -0.0675. The molecule has 1 N–H and O–H groups in total. The number of methoxy groups -OCH3 is 1. The van der Waals surface area contributed by atoms with E-state index in [2.05, 4.69) is 4.98 Å². The molecule has 0 unspecified atom stereocenters. The van der Waals surface area contributed by atoms with Gasteiger partial charge in [-0.15, -0.1) is 0 Å². The van der Waals surface area contributed by atoms with Crippen molar-refractivity contribution < 1.29 is 14.6 Å². The van der Waals surface area contributed by atoms with E-state index < -0.39 is 5.97 Å². The van der Waals surface area contributed by atoms with Crippen LogP contribution in [0.5, 0.6) is 5.75 Å². The van der Waals surface area contributed by atoms with E-state index in [1.54, 1.807) is 19.6 Å². The summed E-state index contributed by atoms with van der Waals surface area (Å²) in [6, 6.07) is 5.64. The van der Waals surface area contributed by atoms with Gasteiger partial charge in [-0.1, -0.05) is 6.07 Å². The molecule has 0 atom stereocenters. The number of benzene rings is 1. The average molecular weight is 246 g/mol. The van der Waals surface area contributed by atoms with Crippen molar-refractivity contribution >= 4 is 5.97 Å². The zero-order valence-corrected chi connectivity index (χ0v) is 10.0. The number of hydrogen-bond acceptors (Lipinski definition) is 3. The van der Waals surface area contributed by atoms with E-state index in [4.69, 9.17) is 9.84 Å². The fraction of sp³-hybridized carbons (Fsp3) is 0.231. The molecule has 0 aliphatic heterocycles. The molecule has 0 bridgehead atoms. The predicted molar refractivity (Wildman–Crippen MR) is 66.1 cm³/mol. The first-order valence-electron chi connectivity index (χ1n) is 5.57. The molecule has 0 aliphatic carbocycles. The quantitative estimate of drug-likeness (QED) is 0.875. The number of aromatic nitrogens is 2. The van der Waals surface area contributed by atoms with Crippen molar-refractivity contribution in [3.05, 3.63) is 42.5 Å². The highest BCUT2D eigenvalue weighted by Crippen LogP contribution is 2.24. The Morgan fingerprint density at radius 2 is 2.33 bits per heavy atom. The van der Waals surface area contributed by atoms with Gasteiger partial charge in [0.25, 0.3) is 0 Å². The number of nitrogens with zero attached hydrogens (tertiary/aromatic N) is 2. The van der Waals surface area contributed by atoms with Gasteiger partial charge in [-0.2, -0.15) is 0 Å². The van der Waals surface area contributed by atoms with Gasteiger partial charge in [0.1, 0.15) is 5.75 Å². The van der Waals surface area contributed by atoms with Crippen LogP contribution in [0.2, 0.25) is 0 Å². The van der Waals surface area contributed by atoms with Gasteiger partial charge in [0.05, 0.1) is 19.1 Å². The third kappa shape index (κ3) is 2.68. The SMILES string of the molecule is COc1ccc(CCC(=O)O)cc1-n1ccnc1. The largest absolute Gasteiger partial charge is 0.495 e. The molecule has 18 heavy (non-hydrogen) atoms. The Bertz CT molecular complexity index is 535. The molecule has 0 aliphatic rings. The minimum Gasteiger partial charge on any atom is -0.495 e. The Labute approximate surface area is 105 Å². The van der Waals surface area contributed by atoms with Gasteiger partial charge in [0, 0.05) is 18.8 Å². The summed E-state index contributed by atoms with van der Waals surface area (Å²) >= 11 is 0. The van der Waals surface area contributed by atoms with Crippen LogP contribution in [-0.4, -0.2) is 27.7 Å². The van der Waals surface area contributed by atoms with E-state index in [0.717, 1.165) is 17.0 Å². The van der Waals surface area contributed by atoms with E-state index in [1.165, 1.54) is 0 Å². The average Bonchev–Trinajstić information content (AvgIpc) is 2.89. The maximum atomic E-state index is 10.6. The molecular formula is C13H14N2O3. The van der Waals surface area contributed by atoms with E-state index in [1.807, 2.05) is 29.0 Å². The fourth-order valence-electron chi connectivity index (χ4n) is 1.75. The monoisotopic (exact) mass is 246 g/mol. The van der Waals surface area contributed by atoms with E-state index in [9.17, 15) is 4.79 Å². The summed E-state index contributed by atoms with van der Waals surface area (Å²) in [6.07, 6.45) is 5.80. The summed E-state index contributed by atoms with van der Waals surface area (Å²) in [5.41, 5.74) is 1.82. The van der Waals surface area contributed by atoms with Crippen LogP contribution in [0.3, 0.4) is 0 Å². The Morgan fingerprint density at radius 1 is 1.50 bits per heavy atom. The van der Waals surface area contributed by atoms with E-state index in [-0.39, 0.29) is 6.42 Å². The lowest BCUT2D eigenvalue weighted by Gasteiger charge is -2.11. The molecule has 1 heterocycles. The number of aryl methyl sites for hydroxylation is 1. The minimum atomic E-state index is -0.796. The molecule has 0 radical (unpaired) electrons. The van der Waals surface area contributed by atoms with Crippen molar-refractivity contribution in [1.29, 1.82) is 0 Å². The summed E-state index contributed by atoms with van der Waals surface area (Å²) < 4.78 is 7.12. The molecule has 94 valence electrons. The third-order valence-corrected chi connectivity index (χ3v) is 2.65. The van der Waals surface area contributed by atoms with Gasteiger partial charge in [-0.3, -0.25) is 4.79 Å². The fourth-order valence-corrected chi connectivity index (χ4v) is 1.75.